The Hall–Kier alpha value is -1.35. The molecule has 1 saturated carbocycles. The zero-order valence-corrected chi connectivity index (χ0v) is 12.1. The molecule has 0 N–H and O–H groups in total. The highest BCUT2D eigenvalue weighted by atomic mass is 16.5. The van der Waals surface area contributed by atoms with Gasteiger partial charge in [0.25, 0.3) is 0 Å². The summed E-state index contributed by atoms with van der Waals surface area (Å²) in [4.78, 5) is 14.6. The van der Waals surface area contributed by atoms with E-state index in [0.29, 0.717) is 0 Å². The first kappa shape index (κ1) is 13.6. The van der Waals surface area contributed by atoms with Crippen molar-refractivity contribution in [3.8, 4) is 0 Å². The van der Waals surface area contributed by atoms with Gasteiger partial charge in [-0.25, -0.2) is 0 Å². The Morgan fingerprint density at radius 3 is 2.50 bits per heavy atom. The van der Waals surface area contributed by atoms with Crippen molar-refractivity contribution in [1.82, 2.24) is 4.90 Å². The Labute approximate surface area is 120 Å². The lowest BCUT2D eigenvalue weighted by molar-refractivity contribution is -0.142. The Kier molecular flexibility index (Phi) is 4.06. The van der Waals surface area contributed by atoms with E-state index in [4.69, 9.17) is 4.74 Å². The number of fused-ring (bicyclic) bond motifs is 1. The minimum absolute atomic E-state index is 0.117. The molecule has 1 aromatic rings. The molecule has 0 spiro atoms. The second-order valence-electron chi connectivity index (χ2n) is 6.16. The van der Waals surface area contributed by atoms with Crippen LogP contribution >= 0.6 is 0 Å². The van der Waals surface area contributed by atoms with Crippen molar-refractivity contribution in [3.05, 3.63) is 35.9 Å². The number of hydrogen-bond donors (Lipinski definition) is 0. The predicted octanol–water partition coefficient (Wildman–Crippen LogP) is 2.68. The van der Waals surface area contributed by atoms with E-state index in [1.54, 1.807) is 0 Å². The fourth-order valence-corrected chi connectivity index (χ4v) is 3.88. The maximum atomic E-state index is 12.1. The molecule has 0 aromatic heterocycles. The van der Waals surface area contributed by atoms with Crippen LogP contribution in [0, 0.1) is 11.8 Å². The first-order valence-corrected chi connectivity index (χ1v) is 7.63. The summed E-state index contributed by atoms with van der Waals surface area (Å²) in [6, 6.07) is 10.0. The zero-order valence-electron chi connectivity index (χ0n) is 12.1. The fourth-order valence-electron chi connectivity index (χ4n) is 3.88. The number of esters is 1. The minimum atomic E-state index is -0.153. The van der Waals surface area contributed by atoms with Crippen molar-refractivity contribution in [2.45, 2.75) is 25.2 Å². The van der Waals surface area contributed by atoms with E-state index in [0.717, 1.165) is 37.0 Å². The lowest BCUT2D eigenvalue weighted by Gasteiger charge is -2.23. The van der Waals surface area contributed by atoms with Crippen LogP contribution in [0.1, 0.15) is 30.7 Å². The van der Waals surface area contributed by atoms with Gasteiger partial charge < -0.3 is 9.64 Å². The molecule has 3 nitrogen and oxygen atoms in total. The van der Waals surface area contributed by atoms with Gasteiger partial charge in [-0.05, 0) is 30.2 Å². The van der Waals surface area contributed by atoms with E-state index in [1.807, 2.05) is 30.3 Å². The lowest BCUT2D eigenvalue weighted by atomic mass is 9.98. The van der Waals surface area contributed by atoms with Gasteiger partial charge in [0.15, 0.2) is 0 Å². The number of likely N-dealkylation sites (tertiary alicyclic amines) is 1. The Bertz CT molecular complexity index is 447. The van der Waals surface area contributed by atoms with Crippen LogP contribution in [0.5, 0.6) is 0 Å². The monoisotopic (exact) mass is 273 g/mol. The predicted molar refractivity (Wildman–Crippen MR) is 78.5 cm³/mol. The molecule has 2 aliphatic rings. The summed E-state index contributed by atoms with van der Waals surface area (Å²) in [5.41, 5.74) is 1.07. The quantitative estimate of drug-likeness (QED) is 0.790. The molecule has 3 unspecified atom stereocenters. The summed E-state index contributed by atoms with van der Waals surface area (Å²) in [7, 11) is 1.48. The molecule has 3 atom stereocenters. The number of nitrogens with zero attached hydrogens (tertiary/aromatic N) is 1. The summed E-state index contributed by atoms with van der Waals surface area (Å²) in [5, 5.41) is 0. The lowest BCUT2D eigenvalue weighted by Crippen LogP contribution is -2.31. The average molecular weight is 273 g/mol. The third-order valence-electron chi connectivity index (χ3n) is 4.93. The van der Waals surface area contributed by atoms with Gasteiger partial charge in [-0.1, -0.05) is 36.8 Å². The van der Waals surface area contributed by atoms with Crippen LogP contribution in [0.3, 0.4) is 0 Å². The first-order valence-electron chi connectivity index (χ1n) is 7.63. The van der Waals surface area contributed by atoms with E-state index < -0.39 is 0 Å². The second kappa shape index (κ2) is 5.96. The summed E-state index contributed by atoms with van der Waals surface area (Å²) in [5.74, 6) is 1.46. The first-order chi connectivity index (χ1) is 9.78. The SMILES string of the molecule is COC(=O)C(CN1CC2CCCC2C1)c1ccccc1. The highest BCUT2D eigenvalue weighted by Gasteiger charge is 2.37. The molecule has 20 heavy (non-hydrogen) atoms. The van der Waals surface area contributed by atoms with E-state index >= 15 is 0 Å². The van der Waals surface area contributed by atoms with Crippen LogP contribution in [0.2, 0.25) is 0 Å². The van der Waals surface area contributed by atoms with Gasteiger partial charge in [0.1, 0.15) is 0 Å². The summed E-state index contributed by atoms with van der Waals surface area (Å²) in [6.07, 6.45) is 4.13. The standard InChI is InChI=1S/C17H23NO2/c1-20-17(19)16(13-6-3-2-4-7-13)12-18-10-14-8-5-9-15(14)11-18/h2-4,6-7,14-16H,5,8-12H2,1H3. The molecule has 1 aliphatic carbocycles. The molecule has 2 fully saturated rings. The molecule has 0 amide bonds. The van der Waals surface area contributed by atoms with Crippen LogP contribution in [-0.2, 0) is 9.53 Å². The molecular weight excluding hydrogens is 250 g/mol. The molecule has 1 saturated heterocycles. The number of carbonyl (C=O) groups excluding carboxylic acids is 1. The fraction of sp³-hybridized carbons (Fsp3) is 0.588. The smallest absolute Gasteiger partial charge is 0.314 e. The number of benzene rings is 1. The normalized spacial score (nSPS) is 27.2. The van der Waals surface area contributed by atoms with E-state index in [-0.39, 0.29) is 11.9 Å². The molecule has 0 radical (unpaired) electrons. The van der Waals surface area contributed by atoms with Crippen molar-refractivity contribution in [3.63, 3.8) is 0 Å². The highest BCUT2D eigenvalue weighted by Crippen LogP contribution is 2.38. The maximum Gasteiger partial charge on any atom is 0.314 e. The van der Waals surface area contributed by atoms with Crippen molar-refractivity contribution in [1.29, 1.82) is 0 Å². The van der Waals surface area contributed by atoms with Gasteiger partial charge in [0, 0.05) is 19.6 Å². The highest BCUT2D eigenvalue weighted by molar-refractivity contribution is 5.78. The molecule has 1 heterocycles. The van der Waals surface area contributed by atoms with Crippen LogP contribution < -0.4 is 0 Å². The van der Waals surface area contributed by atoms with Gasteiger partial charge in [0.2, 0.25) is 0 Å². The molecule has 1 aromatic carbocycles. The van der Waals surface area contributed by atoms with Gasteiger partial charge in [-0.15, -0.1) is 0 Å². The third kappa shape index (κ3) is 2.73. The van der Waals surface area contributed by atoms with E-state index in [1.165, 1.54) is 26.4 Å². The minimum Gasteiger partial charge on any atom is -0.469 e. The summed E-state index contributed by atoms with van der Waals surface area (Å²) >= 11 is 0. The van der Waals surface area contributed by atoms with Crippen LogP contribution in [-0.4, -0.2) is 37.6 Å². The van der Waals surface area contributed by atoms with Gasteiger partial charge in [-0.3, -0.25) is 4.79 Å². The van der Waals surface area contributed by atoms with Crippen LogP contribution in [0.25, 0.3) is 0 Å². The Morgan fingerprint density at radius 1 is 1.25 bits per heavy atom. The summed E-state index contributed by atoms with van der Waals surface area (Å²) < 4.78 is 5.01. The topological polar surface area (TPSA) is 29.5 Å². The van der Waals surface area contributed by atoms with Crippen LogP contribution in [0.4, 0.5) is 0 Å². The van der Waals surface area contributed by atoms with Crippen molar-refractivity contribution in [2.24, 2.45) is 11.8 Å². The van der Waals surface area contributed by atoms with Crippen molar-refractivity contribution >= 4 is 5.97 Å². The van der Waals surface area contributed by atoms with Gasteiger partial charge in [-0.2, -0.15) is 0 Å². The number of rotatable bonds is 4. The van der Waals surface area contributed by atoms with Crippen LogP contribution in [0.15, 0.2) is 30.3 Å². The number of ether oxygens (including phenoxy) is 1. The number of methoxy groups -OCH3 is 1. The summed E-state index contributed by atoms with van der Waals surface area (Å²) in [6.45, 7) is 3.11. The molecule has 0 bridgehead atoms. The third-order valence-corrected chi connectivity index (χ3v) is 4.93. The van der Waals surface area contributed by atoms with Gasteiger partial charge in [0.05, 0.1) is 13.0 Å². The molecule has 108 valence electrons. The number of hydrogen-bond acceptors (Lipinski definition) is 3. The van der Waals surface area contributed by atoms with E-state index in [9.17, 15) is 4.79 Å². The second-order valence-corrected chi connectivity index (χ2v) is 6.16. The molecule has 1 aliphatic heterocycles. The van der Waals surface area contributed by atoms with Crippen molar-refractivity contribution < 1.29 is 9.53 Å². The zero-order chi connectivity index (χ0) is 13.9. The molecule has 3 heteroatoms. The molecule has 3 rings (SSSR count). The van der Waals surface area contributed by atoms with Gasteiger partial charge >= 0.3 is 5.97 Å². The Balaban J connectivity index is 1.70. The maximum absolute atomic E-state index is 12.1. The molecular formula is C17H23NO2. The average Bonchev–Trinajstić information content (AvgIpc) is 3.06. The number of carbonyl (C=O) groups is 1. The van der Waals surface area contributed by atoms with Crippen molar-refractivity contribution in [2.75, 3.05) is 26.7 Å². The van der Waals surface area contributed by atoms with E-state index in [2.05, 4.69) is 4.90 Å². The largest absolute Gasteiger partial charge is 0.469 e. The Morgan fingerprint density at radius 2 is 1.90 bits per heavy atom.